The van der Waals surface area contributed by atoms with Crippen molar-refractivity contribution in [3.05, 3.63) is 12.2 Å². The zero-order valence-electron chi connectivity index (χ0n) is 14.4. The van der Waals surface area contributed by atoms with Gasteiger partial charge in [0, 0.05) is 20.1 Å². The second-order valence-electron chi connectivity index (χ2n) is 8.79. The molecule has 4 aliphatic carbocycles. The SMILES string of the molecule is COCC1CC2C(CCC3(C)C(O)CCC23)C2C=CC(=O)CC12. The normalized spacial score (nSPS) is 52.0. The minimum absolute atomic E-state index is 0.115. The molecule has 3 heteroatoms. The first-order valence-electron chi connectivity index (χ1n) is 9.42. The van der Waals surface area contributed by atoms with Gasteiger partial charge in [-0.25, -0.2) is 0 Å². The number of allylic oxidation sites excluding steroid dienone is 2. The van der Waals surface area contributed by atoms with E-state index in [2.05, 4.69) is 13.0 Å². The van der Waals surface area contributed by atoms with Crippen LogP contribution in [0.2, 0.25) is 0 Å². The van der Waals surface area contributed by atoms with Gasteiger partial charge in [-0.05, 0) is 79.1 Å². The predicted molar refractivity (Wildman–Crippen MR) is 88.8 cm³/mol. The molecule has 0 saturated heterocycles. The van der Waals surface area contributed by atoms with Crippen LogP contribution in [0.4, 0.5) is 0 Å². The lowest BCUT2D eigenvalue weighted by Gasteiger charge is -2.56. The number of aliphatic hydroxyl groups excluding tert-OH is 1. The zero-order chi connectivity index (χ0) is 16.2. The summed E-state index contributed by atoms with van der Waals surface area (Å²) in [4.78, 5) is 11.9. The van der Waals surface area contributed by atoms with E-state index >= 15 is 0 Å². The Morgan fingerprint density at radius 3 is 2.87 bits per heavy atom. The predicted octanol–water partition coefficient (Wildman–Crippen LogP) is 3.22. The Bertz CT molecular complexity index is 513. The highest BCUT2D eigenvalue weighted by molar-refractivity contribution is 5.90. The average Bonchev–Trinajstić information content (AvgIpc) is 2.83. The molecule has 4 aliphatic rings. The number of hydrogen-bond acceptors (Lipinski definition) is 3. The maximum atomic E-state index is 11.9. The van der Waals surface area contributed by atoms with Gasteiger partial charge in [-0.2, -0.15) is 0 Å². The van der Waals surface area contributed by atoms with Crippen LogP contribution in [0, 0.1) is 40.9 Å². The molecular weight excluding hydrogens is 288 g/mol. The van der Waals surface area contributed by atoms with Crippen LogP contribution < -0.4 is 0 Å². The van der Waals surface area contributed by atoms with Gasteiger partial charge in [-0.1, -0.05) is 13.0 Å². The first kappa shape index (κ1) is 15.8. The Morgan fingerprint density at radius 1 is 1.26 bits per heavy atom. The molecule has 8 unspecified atom stereocenters. The number of ether oxygens (including phenoxy) is 1. The Kier molecular flexibility index (Phi) is 3.92. The van der Waals surface area contributed by atoms with E-state index in [1.807, 2.05) is 6.08 Å². The van der Waals surface area contributed by atoms with E-state index < -0.39 is 0 Å². The van der Waals surface area contributed by atoms with E-state index in [4.69, 9.17) is 4.74 Å². The third kappa shape index (κ3) is 2.34. The highest BCUT2D eigenvalue weighted by Crippen LogP contribution is 2.62. The largest absolute Gasteiger partial charge is 0.393 e. The van der Waals surface area contributed by atoms with Crippen LogP contribution in [0.1, 0.15) is 45.4 Å². The lowest BCUT2D eigenvalue weighted by molar-refractivity contribution is -0.122. The average molecular weight is 318 g/mol. The number of rotatable bonds is 2. The van der Waals surface area contributed by atoms with Crippen molar-refractivity contribution in [3.8, 4) is 0 Å². The van der Waals surface area contributed by atoms with Gasteiger partial charge < -0.3 is 9.84 Å². The van der Waals surface area contributed by atoms with Crippen LogP contribution in [-0.4, -0.2) is 30.7 Å². The summed E-state index contributed by atoms with van der Waals surface area (Å²) < 4.78 is 5.52. The summed E-state index contributed by atoms with van der Waals surface area (Å²) in [6.07, 6.45) is 10.4. The van der Waals surface area contributed by atoms with Crippen molar-refractivity contribution >= 4 is 5.78 Å². The summed E-state index contributed by atoms with van der Waals surface area (Å²) in [5.74, 6) is 3.88. The number of methoxy groups -OCH3 is 1. The molecule has 0 aromatic rings. The molecule has 0 spiro atoms. The van der Waals surface area contributed by atoms with Gasteiger partial charge >= 0.3 is 0 Å². The summed E-state index contributed by atoms with van der Waals surface area (Å²) in [5.41, 5.74) is 0.125. The lowest BCUT2D eigenvalue weighted by atomic mass is 9.49. The van der Waals surface area contributed by atoms with Crippen LogP contribution in [0.15, 0.2) is 12.2 Å². The monoisotopic (exact) mass is 318 g/mol. The van der Waals surface area contributed by atoms with E-state index in [1.165, 1.54) is 19.3 Å². The summed E-state index contributed by atoms with van der Waals surface area (Å²) in [6.45, 7) is 3.10. The molecule has 0 amide bonds. The van der Waals surface area contributed by atoms with Crippen molar-refractivity contribution in [1.82, 2.24) is 0 Å². The van der Waals surface area contributed by atoms with Crippen LogP contribution in [-0.2, 0) is 9.53 Å². The Morgan fingerprint density at radius 2 is 2.09 bits per heavy atom. The molecule has 23 heavy (non-hydrogen) atoms. The van der Waals surface area contributed by atoms with E-state index in [0.717, 1.165) is 19.4 Å². The summed E-state index contributed by atoms with van der Waals surface area (Å²) >= 11 is 0. The number of fused-ring (bicyclic) bond motifs is 5. The first-order valence-corrected chi connectivity index (χ1v) is 9.42. The Hall–Kier alpha value is -0.670. The molecule has 8 atom stereocenters. The minimum atomic E-state index is -0.115. The highest BCUT2D eigenvalue weighted by atomic mass is 16.5. The van der Waals surface area contributed by atoms with E-state index in [-0.39, 0.29) is 11.5 Å². The van der Waals surface area contributed by atoms with Gasteiger partial charge in [0.1, 0.15) is 0 Å². The van der Waals surface area contributed by atoms with Crippen molar-refractivity contribution < 1.29 is 14.6 Å². The molecule has 0 heterocycles. The van der Waals surface area contributed by atoms with Crippen LogP contribution >= 0.6 is 0 Å². The second kappa shape index (κ2) is 5.70. The molecule has 3 nitrogen and oxygen atoms in total. The summed E-state index contributed by atoms with van der Waals surface area (Å²) in [5, 5.41) is 10.5. The van der Waals surface area contributed by atoms with Gasteiger partial charge in [0.05, 0.1) is 6.10 Å². The molecule has 0 bridgehead atoms. The number of ketones is 1. The molecule has 3 saturated carbocycles. The fraction of sp³-hybridized carbons (Fsp3) is 0.850. The second-order valence-corrected chi connectivity index (χ2v) is 8.79. The van der Waals surface area contributed by atoms with Crippen LogP contribution in [0.3, 0.4) is 0 Å². The number of carbonyl (C=O) groups is 1. The van der Waals surface area contributed by atoms with Crippen molar-refractivity contribution in [2.75, 3.05) is 13.7 Å². The minimum Gasteiger partial charge on any atom is -0.393 e. The maximum Gasteiger partial charge on any atom is 0.155 e. The van der Waals surface area contributed by atoms with Crippen LogP contribution in [0.25, 0.3) is 0 Å². The molecular formula is C20H30O3. The first-order chi connectivity index (χ1) is 11.0. The third-order valence-corrected chi connectivity index (χ3v) is 7.93. The standard InChI is InChI=1S/C20H30O3/c1-20-8-7-15-14-4-3-13(21)10-16(14)12(11-23-2)9-17(15)18(20)5-6-19(20)22/h3-4,12,14-19,22H,5-11H2,1-2H3. The molecule has 0 radical (unpaired) electrons. The van der Waals surface area contributed by atoms with Crippen molar-refractivity contribution in [2.45, 2.75) is 51.6 Å². The van der Waals surface area contributed by atoms with Crippen LogP contribution in [0.5, 0.6) is 0 Å². The number of aliphatic hydroxyl groups is 1. The molecule has 0 aliphatic heterocycles. The van der Waals surface area contributed by atoms with Gasteiger partial charge in [0.2, 0.25) is 0 Å². The van der Waals surface area contributed by atoms with Crippen molar-refractivity contribution in [3.63, 3.8) is 0 Å². The molecule has 1 N–H and O–H groups in total. The Balaban J connectivity index is 1.66. The van der Waals surface area contributed by atoms with Gasteiger partial charge in [0.25, 0.3) is 0 Å². The molecule has 3 fully saturated rings. The van der Waals surface area contributed by atoms with Gasteiger partial charge in [0.15, 0.2) is 5.78 Å². The quantitative estimate of drug-likeness (QED) is 0.850. The molecule has 128 valence electrons. The Labute approximate surface area is 139 Å². The summed E-state index contributed by atoms with van der Waals surface area (Å²) in [6, 6.07) is 0. The van der Waals surface area contributed by atoms with Gasteiger partial charge in [-0.15, -0.1) is 0 Å². The van der Waals surface area contributed by atoms with E-state index in [9.17, 15) is 9.90 Å². The van der Waals surface area contributed by atoms with Crippen molar-refractivity contribution in [1.29, 1.82) is 0 Å². The molecule has 4 rings (SSSR count). The zero-order valence-corrected chi connectivity index (χ0v) is 14.4. The highest BCUT2D eigenvalue weighted by Gasteiger charge is 2.57. The van der Waals surface area contributed by atoms with Crippen molar-refractivity contribution in [2.24, 2.45) is 40.9 Å². The maximum absolute atomic E-state index is 11.9. The fourth-order valence-corrected chi connectivity index (χ4v) is 6.78. The molecule has 0 aromatic heterocycles. The topological polar surface area (TPSA) is 46.5 Å². The number of hydrogen-bond donors (Lipinski definition) is 1. The smallest absolute Gasteiger partial charge is 0.155 e. The van der Waals surface area contributed by atoms with E-state index in [1.54, 1.807) is 7.11 Å². The lowest BCUT2D eigenvalue weighted by Crippen LogP contribution is -2.51. The van der Waals surface area contributed by atoms with Gasteiger partial charge in [-0.3, -0.25) is 4.79 Å². The molecule has 0 aromatic carbocycles. The fourth-order valence-electron chi connectivity index (χ4n) is 6.78. The number of carbonyl (C=O) groups excluding carboxylic acids is 1. The summed E-state index contributed by atoms with van der Waals surface area (Å²) in [7, 11) is 1.78. The van der Waals surface area contributed by atoms with E-state index in [0.29, 0.717) is 47.7 Å². The third-order valence-electron chi connectivity index (χ3n) is 7.93.